The lowest BCUT2D eigenvalue weighted by Crippen LogP contribution is -2.48. The number of aliphatic hydroxyl groups is 1. The van der Waals surface area contributed by atoms with Crippen LogP contribution in [-0.2, 0) is 13.0 Å². The number of piperazine rings is 1. The minimum Gasteiger partial charge on any atom is -0.483 e. The molecule has 2 N–H and O–H groups in total. The minimum absolute atomic E-state index is 0.175. The predicted molar refractivity (Wildman–Crippen MR) is 141 cm³/mol. The molecule has 0 radical (unpaired) electrons. The Kier molecular flexibility index (Phi) is 7.37. The Bertz CT molecular complexity index is 1120. The van der Waals surface area contributed by atoms with E-state index in [1.165, 1.54) is 16.8 Å². The zero-order valence-electron chi connectivity index (χ0n) is 20.9. The van der Waals surface area contributed by atoms with Crippen molar-refractivity contribution in [3.8, 4) is 22.6 Å². The van der Waals surface area contributed by atoms with Gasteiger partial charge in [-0.2, -0.15) is 0 Å². The van der Waals surface area contributed by atoms with Crippen LogP contribution in [0.2, 0.25) is 0 Å². The number of aromatic nitrogens is 2. The first-order valence-corrected chi connectivity index (χ1v) is 12.9. The molecule has 0 atom stereocenters. The molecule has 2 aromatic carbocycles. The summed E-state index contributed by atoms with van der Waals surface area (Å²) in [5.41, 5.74) is 5.79. The topological polar surface area (TPSA) is 65.8 Å². The number of ether oxygens (including phenoxy) is 1. The van der Waals surface area contributed by atoms with Crippen molar-refractivity contribution in [1.29, 1.82) is 0 Å². The third-order valence-corrected chi connectivity index (χ3v) is 7.09. The fourth-order valence-electron chi connectivity index (χ4n) is 5.01. The van der Waals surface area contributed by atoms with Crippen LogP contribution < -0.4 is 15.0 Å². The summed E-state index contributed by atoms with van der Waals surface area (Å²) in [5.74, 6) is 1.85. The molecule has 3 heterocycles. The molecule has 1 fully saturated rings. The van der Waals surface area contributed by atoms with Crippen LogP contribution in [0.25, 0.3) is 16.8 Å². The molecule has 7 heteroatoms. The summed E-state index contributed by atoms with van der Waals surface area (Å²) in [5, 5.41) is 12.1. The third-order valence-electron chi connectivity index (χ3n) is 7.09. The molecule has 0 bridgehead atoms. The van der Waals surface area contributed by atoms with Gasteiger partial charge >= 0.3 is 0 Å². The maximum Gasteiger partial charge on any atom is 0.151 e. The third kappa shape index (κ3) is 5.37. The molecule has 2 aliphatic heterocycles. The largest absolute Gasteiger partial charge is 0.483 e. The maximum absolute atomic E-state index is 8.87. The molecule has 1 saturated heterocycles. The van der Waals surface area contributed by atoms with E-state index in [9.17, 15) is 0 Å². The van der Waals surface area contributed by atoms with Gasteiger partial charge in [0.2, 0.25) is 0 Å². The van der Waals surface area contributed by atoms with Crippen LogP contribution in [0.1, 0.15) is 31.8 Å². The number of hydrogen-bond donors (Lipinski definition) is 2. The summed E-state index contributed by atoms with van der Waals surface area (Å²) in [6.45, 7) is 11.2. The van der Waals surface area contributed by atoms with Crippen LogP contribution in [0.4, 0.5) is 5.69 Å². The number of aliphatic hydroxyl groups excluding tert-OH is 1. The van der Waals surface area contributed by atoms with Gasteiger partial charge in [-0.3, -0.25) is 9.47 Å². The highest BCUT2D eigenvalue weighted by Gasteiger charge is 2.21. The smallest absolute Gasteiger partial charge is 0.151 e. The number of nitrogens with zero attached hydrogens (tertiary/aromatic N) is 4. The van der Waals surface area contributed by atoms with Gasteiger partial charge in [-0.05, 0) is 68.6 Å². The van der Waals surface area contributed by atoms with Gasteiger partial charge in [-0.15, -0.1) is 0 Å². The first kappa shape index (κ1) is 23.9. The molecule has 186 valence electrons. The van der Waals surface area contributed by atoms with Crippen molar-refractivity contribution in [3.05, 3.63) is 60.2 Å². The van der Waals surface area contributed by atoms with E-state index < -0.39 is 0 Å². The zero-order chi connectivity index (χ0) is 24.2. The van der Waals surface area contributed by atoms with E-state index in [-0.39, 0.29) is 6.61 Å². The minimum atomic E-state index is 0.175. The molecule has 3 aromatic rings. The quantitative estimate of drug-likeness (QED) is 0.462. The van der Waals surface area contributed by atoms with Crippen molar-refractivity contribution in [3.63, 3.8) is 0 Å². The summed E-state index contributed by atoms with van der Waals surface area (Å²) in [7, 11) is 0. The normalized spacial score (nSPS) is 15.7. The Hall–Kier alpha value is -2.87. The average molecular weight is 476 g/mol. The maximum atomic E-state index is 8.87. The van der Waals surface area contributed by atoms with E-state index >= 15 is 0 Å². The van der Waals surface area contributed by atoms with E-state index in [0.29, 0.717) is 19.2 Å². The average Bonchev–Trinajstić information content (AvgIpc) is 3.32. The van der Waals surface area contributed by atoms with Gasteiger partial charge in [-0.1, -0.05) is 18.2 Å². The number of nitrogens with one attached hydrogen (secondary N) is 1. The fraction of sp³-hybridized carbons (Fsp3) is 0.464. The number of fused-ring (bicyclic) bond motifs is 3. The second kappa shape index (κ2) is 10.8. The summed E-state index contributed by atoms with van der Waals surface area (Å²) >= 11 is 0. The lowest BCUT2D eigenvalue weighted by Gasteiger charge is -2.38. The number of benzene rings is 2. The molecule has 0 unspecified atom stereocenters. The van der Waals surface area contributed by atoms with Crippen LogP contribution in [0.3, 0.4) is 0 Å². The Morgan fingerprint density at radius 3 is 2.51 bits per heavy atom. The lowest BCUT2D eigenvalue weighted by atomic mass is 10.0. The van der Waals surface area contributed by atoms with E-state index in [1.54, 1.807) is 0 Å². The Labute approximate surface area is 208 Å². The predicted octanol–water partition coefficient (Wildman–Crippen LogP) is 3.48. The molecular formula is C28H37N5O2. The highest BCUT2D eigenvalue weighted by atomic mass is 16.5. The summed E-state index contributed by atoms with van der Waals surface area (Å²) < 4.78 is 8.26. The van der Waals surface area contributed by atoms with Gasteiger partial charge in [0, 0.05) is 50.6 Å². The fourth-order valence-corrected chi connectivity index (χ4v) is 5.01. The van der Waals surface area contributed by atoms with Gasteiger partial charge < -0.3 is 20.1 Å². The highest BCUT2D eigenvalue weighted by molar-refractivity contribution is 5.70. The monoisotopic (exact) mass is 475 g/mol. The second-order valence-corrected chi connectivity index (χ2v) is 9.73. The van der Waals surface area contributed by atoms with Crippen molar-refractivity contribution in [2.75, 3.05) is 50.8 Å². The molecule has 1 aromatic heterocycles. The van der Waals surface area contributed by atoms with E-state index in [4.69, 9.17) is 14.8 Å². The van der Waals surface area contributed by atoms with Crippen LogP contribution in [0.15, 0.2) is 48.7 Å². The number of anilines is 1. The molecule has 7 nitrogen and oxygen atoms in total. The van der Waals surface area contributed by atoms with Crippen LogP contribution in [0.5, 0.6) is 5.75 Å². The summed E-state index contributed by atoms with van der Waals surface area (Å²) in [6.07, 6.45) is 4.04. The highest BCUT2D eigenvalue weighted by Crippen LogP contribution is 2.35. The van der Waals surface area contributed by atoms with E-state index in [1.807, 2.05) is 0 Å². The Balaban J connectivity index is 1.25. The van der Waals surface area contributed by atoms with Gasteiger partial charge in [0.05, 0.1) is 18.0 Å². The standard InChI is InChI=1S/C28H37N5O2/c1-21(2)31-13-15-32(16-14-31)25-8-5-22(6-9-25)23-7-10-26-27(18-23)35-20-28-30-24(19-33(26)28)4-3-11-29-12-17-34/h5-10,18-19,21,29,34H,3-4,11-17,20H2,1-2H3. The van der Waals surface area contributed by atoms with Crippen LogP contribution >= 0.6 is 0 Å². The van der Waals surface area contributed by atoms with Gasteiger partial charge in [0.15, 0.2) is 5.82 Å². The van der Waals surface area contributed by atoms with Crippen molar-refractivity contribution in [1.82, 2.24) is 19.8 Å². The van der Waals surface area contributed by atoms with Crippen molar-refractivity contribution in [2.45, 2.75) is 39.3 Å². The molecule has 0 spiro atoms. The molecule has 0 saturated carbocycles. The molecule has 2 aliphatic rings. The lowest BCUT2D eigenvalue weighted by molar-refractivity contribution is 0.209. The van der Waals surface area contributed by atoms with Crippen molar-refractivity contribution < 1.29 is 9.84 Å². The zero-order valence-corrected chi connectivity index (χ0v) is 20.9. The molecule has 35 heavy (non-hydrogen) atoms. The van der Waals surface area contributed by atoms with E-state index in [0.717, 1.165) is 68.5 Å². The number of rotatable bonds is 9. The van der Waals surface area contributed by atoms with Crippen LogP contribution in [0, 0.1) is 0 Å². The molecule has 5 rings (SSSR count). The first-order chi connectivity index (χ1) is 17.1. The van der Waals surface area contributed by atoms with Gasteiger partial charge in [0.1, 0.15) is 12.4 Å². The number of imidazole rings is 1. The van der Waals surface area contributed by atoms with E-state index in [2.05, 4.69) is 82.2 Å². The number of hydrogen-bond acceptors (Lipinski definition) is 6. The van der Waals surface area contributed by atoms with Crippen molar-refractivity contribution in [2.24, 2.45) is 0 Å². The second-order valence-electron chi connectivity index (χ2n) is 9.73. The Morgan fingerprint density at radius 2 is 1.77 bits per heavy atom. The SMILES string of the molecule is CC(C)N1CCN(c2ccc(-c3ccc4c(c3)OCc3nc(CCCNCCO)cn3-4)cc2)CC1. The molecule has 0 aliphatic carbocycles. The van der Waals surface area contributed by atoms with Crippen LogP contribution in [-0.4, -0.2) is 71.5 Å². The summed E-state index contributed by atoms with van der Waals surface area (Å²) in [6, 6.07) is 16.0. The summed E-state index contributed by atoms with van der Waals surface area (Å²) in [4.78, 5) is 9.80. The Morgan fingerprint density at radius 1 is 1.00 bits per heavy atom. The molecular weight excluding hydrogens is 438 g/mol. The van der Waals surface area contributed by atoms with Gasteiger partial charge in [-0.25, -0.2) is 4.98 Å². The molecule has 0 amide bonds. The number of aryl methyl sites for hydroxylation is 1. The first-order valence-electron chi connectivity index (χ1n) is 12.9. The van der Waals surface area contributed by atoms with Crippen molar-refractivity contribution >= 4 is 5.69 Å². The van der Waals surface area contributed by atoms with Gasteiger partial charge in [0.25, 0.3) is 0 Å².